The highest BCUT2D eigenvalue weighted by Crippen LogP contribution is 2.26. The van der Waals surface area contributed by atoms with Gasteiger partial charge >= 0.3 is 0 Å². The Kier molecular flexibility index (Phi) is 7.10. The van der Waals surface area contributed by atoms with Crippen molar-refractivity contribution in [1.82, 2.24) is 10.2 Å². The summed E-state index contributed by atoms with van der Waals surface area (Å²) in [6, 6.07) is 20.2. The molecule has 1 aliphatic rings. The molecule has 1 atom stereocenters. The van der Waals surface area contributed by atoms with Gasteiger partial charge in [-0.15, -0.1) is 0 Å². The normalized spacial score (nSPS) is 15.2. The second-order valence-corrected chi connectivity index (χ2v) is 7.34. The maximum Gasteiger partial charge on any atom is 0.119 e. The third kappa shape index (κ3) is 6.15. The first-order valence-corrected chi connectivity index (χ1v) is 9.97. The zero-order valence-corrected chi connectivity index (χ0v) is 16.2. The van der Waals surface area contributed by atoms with Gasteiger partial charge in [0.05, 0.1) is 0 Å². The quantitative estimate of drug-likeness (QED) is 0.653. The molecule has 1 unspecified atom stereocenters. The minimum absolute atomic E-state index is 0.545. The van der Waals surface area contributed by atoms with Gasteiger partial charge in [0.15, 0.2) is 0 Å². The van der Waals surface area contributed by atoms with Gasteiger partial charge in [0, 0.05) is 18.6 Å². The average molecular weight is 353 g/mol. The third-order valence-electron chi connectivity index (χ3n) is 5.06. The lowest BCUT2D eigenvalue weighted by Gasteiger charge is -2.24. The fraction of sp³-hybridized carbons (Fsp3) is 0.478. The van der Waals surface area contributed by atoms with E-state index in [9.17, 15) is 0 Å². The molecule has 0 bridgehead atoms. The molecule has 0 amide bonds. The minimum Gasteiger partial charge on any atom is -0.489 e. The number of rotatable bonds is 11. The zero-order chi connectivity index (χ0) is 18.2. The standard InChI is InChI=1S/C23H32N2O/c1-3-25(22-11-12-22)17-19(2)24-16-15-20-9-13-23(14-10-20)26-18-21-7-5-4-6-8-21/h4-10,13-14,19,22,24H,3,11-12,15-18H2,1-2H3. The first-order chi connectivity index (χ1) is 12.7. The summed E-state index contributed by atoms with van der Waals surface area (Å²) in [6.45, 7) is 8.54. The lowest BCUT2D eigenvalue weighted by molar-refractivity contribution is 0.250. The molecule has 0 saturated heterocycles. The van der Waals surface area contributed by atoms with Gasteiger partial charge in [-0.25, -0.2) is 0 Å². The fourth-order valence-electron chi connectivity index (χ4n) is 3.35. The Morgan fingerprint density at radius 3 is 2.42 bits per heavy atom. The number of nitrogens with one attached hydrogen (secondary N) is 1. The molecule has 0 aromatic heterocycles. The largest absolute Gasteiger partial charge is 0.489 e. The molecule has 140 valence electrons. The Balaban J connectivity index is 1.36. The molecule has 26 heavy (non-hydrogen) atoms. The van der Waals surface area contributed by atoms with Gasteiger partial charge in [-0.2, -0.15) is 0 Å². The van der Waals surface area contributed by atoms with Crippen LogP contribution < -0.4 is 10.1 Å². The lowest BCUT2D eigenvalue weighted by atomic mass is 10.1. The van der Waals surface area contributed by atoms with Gasteiger partial charge < -0.3 is 10.1 Å². The SMILES string of the molecule is CCN(CC(C)NCCc1ccc(OCc2ccccc2)cc1)C1CC1. The van der Waals surface area contributed by atoms with Crippen LogP contribution in [-0.4, -0.2) is 36.6 Å². The summed E-state index contributed by atoms with van der Waals surface area (Å²) in [5.74, 6) is 0.932. The summed E-state index contributed by atoms with van der Waals surface area (Å²) >= 11 is 0. The van der Waals surface area contributed by atoms with Crippen LogP contribution in [0.3, 0.4) is 0 Å². The predicted molar refractivity (Wildman–Crippen MR) is 109 cm³/mol. The average Bonchev–Trinajstić information content (AvgIpc) is 3.51. The molecule has 3 rings (SSSR count). The first kappa shape index (κ1) is 18.9. The molecule has 3 nitrogen and oxygen atoms in total. The van der Waals surface area contributed by atoms with Gasteiger partial charge in [-0.3, -0.25) is 4.90 Å². The van der Waals surface area contributed by atoms with E-state index in [-0.39, 0.29) is 0 Å². The number of benzene rings is 2. The van der Waals surface area contributed by atoms with Crippen molar-refractivity contribution in [3.63, 3.8) is 0 Å². The second kappa shape index (κ2) is 9.75. The highest BCUT2D eigenvalue weighted by molar-refractivity contribution is 5.28. The molecular weight excluding hydrogens is 320 g/mol. The van der Waals surface area contributed by atoms with Crippen LogP contribution in [0.1, 0.15) is 37.8 Å². The van der Waals surface area contributed by atoms with E-state index in [1.807, 2.05) is 18.2 Å². The fourth-order valence-corrected chi connectivity index (χ4v) is 3.35. The summed E-state index contributed by atoms with van der Waals surface area (Å²) in [7, 11) is 0. The second-order valence-electron chi connectivity index (χ2n) is 7.34. The molecule has 1 aliphatic carbocycles. The van der Waals surface area contributed by atoms with E-state index in [0.29, 0.717) is 12.6 Å². The smallest absolute Gasteiger partial charge is 0.119 e. The van der Waals surface area contributed by atoms with E-state index in [1.54, 1.807) is 0 Å². The Labute approximate surface area is 158 Å². The number of ether oxygens (including phenoxy) is 1. The van der Waals surface area contributed by atoms with Gasteiger partial charge in [-0.05, 0) is 62.5 Å². The Morgan fingerprint density at radius 2 is 1.77 bits per heavy atom. The van der Waals surface area contributed by atoms with Crippen LogP contribution in [0.5, 0.6) is 5.75 Å². The van der Waals surface area contributed by atoms with Crippen molar-refractivity contribution in [3.8, 4) is 5.75 Å². The number of hydrogen-bond acceptors (Lipinski definition) is 3. The maximum absolute atomic E-state index is 5.85. The van der Waals surface area contributed by atoms with Crippen LogP contribution in [-0.2, 0) is 13.0 Å². The van der Waals surface area contributed by atoms with E-state index in [4.69, 9.17) is 4.74 Å². The lowest BCUT2D eigenvalue weighted by Crippen LogP contribution is -2.40. The van der Waals surface area contributed by atoms with Gasteiger partial charge in [0.1, 0.15) is 12.4 Å². The topological polar surface area (TPSA) is 24.5 Å². The van der Waals surface area contributed by atoms with E-state index >= 15 is 0 Å². The van der Waals surface area contributed by atoms with E-state index in [0.717, 1.165) is 31.3 Å². The maximum atomic E-state index is 5.85. The number of nitrogens with zero attached hydrogens (tertiary/aromatic N) is 1. The summed E-state index contributed by atoms with van der Waals surface area (Å²) in [4.78, 5) is 2.61. The van der Waals surface area contributed by atoms with Crippen LogP contribution in [0.25, 0.3) is 0 Å². The van der Waals surface area contributed by atoms with Crippen molar-refractivity contribution in [1.29, 1.82) is 0 Å². The number of likely N-dealkylation sites (N-methyl/N-ethyl adjacent to an activating group) is 1. The molecule has 2 aromatic carbocycles. The molecule has 1 saturated carbocycles. The molecule has 0 heterocycles. The van der Waals surface area contributed by atoms with Crippen molar-refractivity contribution < 1.29 is 4.74 Å². The van der Waals surface area contributed by atoms with Crippen molar-refractivity contribution in [2.75, 3.05) is 19.6 Å². The van der Waals surface area contributed by atoms with Crippen molar-refractivity contribution in [2.24, 2.45) is 0 Å². The number of hydrogen-bond donors (Lipinski definition) is 1. The first-order valence-electron chi connectivity index (χ1n) is 9.97. The molecule has 3 heteroatoms. The van der Waals surface area contributed by atoms with Crippen LogP contribution in [0.15, 0.2) is 54.6 Å². The summed E-state index contributed by atoms with van der Waals surface area (Å²) < 4.78 is 5.85. The molecular formula is C23H32N2O. The summed E-state index contributed by atoms with van der Waals surface area (Å²) in [5.41, 5.74) is 2.55. The molecule has 1 N–H and O–H groups in total. The molecule has 2 aromatic rings. The van der Waals surface area contributed by atoms with E-state index in [2.05, 4.69) is 60.5 Å². The zero-order valence-electron chi connectivity index (χ0n) is 16.2. The van der Waals surface area contributed by atoms with Crippen LogP contribution in [0.2, 0.25) is 0 Å². The van der Waals surface area contributed by atoms with Crippen molar-refractivity contribution in [2.45, 2.75) is 51.8 Å². The van der Waals surface area contributed by atoms with Gasteiger partial charge in [0.25, 0.3) is 0 Å². The highest BCUT2D eigenvalue weighted by atomic mass is 16.5. The molecule has 1 fully saturated rings. The monoisotopic (exact) mass is 352 g/mol. The molecule has 0 radical (unpaired) electrons. The van der Waals surface area contributed by atoms with Crippen molar-refractivity contribution >= 4 is 0 Å². The van der Waals surface area contributed by atoms with Crippen LogP contribution >= 0.6 is 0 Å². The minimum atomic E-state index is 0.545. The molecule has 0 spiro atoms. The predicted octanol–water partition coefficient (Wildman–Crippen LogP) is 4.27. The van der Waals surface area contributed by atoms with Crippen LogP contribution in [0, 0.1) is 0 Å². The van der Waals surface area contributed by atoms with E-state index in [1.165, 1.54) is 30.5 Å². The van der Waals surface area contributed by atoms with Gasteiger partial charge in [0.2, 0.25) is 0 Å². The van der Waals surface area contributed by atoms with Gasteiger partial charge in [-0.1, -0.05) is 49.4 Å². The Hall–Kier alpha value is -1.84. The molecule has 0 aliphatic heterocycles. The van der Waals surface area contributed by atoms with Crippen molar-refractivity contribution in [3.05, 3.63) is 65.7 Å². The van der Waals surface area contributed by atoms with Crippen LogP contribution in [0.4, 0.5) is 0 Å². The summed E-state index contributed by atoms with van der Waals surface area (Å²) in [5, 5.41) is 3.67. The Morgan fingerprint density at radius 1 is 1.04 bits per heavy atom. The third-order valence-corrected chi connectivity index (χ3v) is 5.06. The Bertz CT molecular complexity index is 637. The van der Waals surface area contributed by atoms with E-state index < -0.39 is 0 Å². The summed E-state index contributed by atoms with van der Waals surface area (Å²) in [6.07, 6.45) is 3.83. The highest BCUT2D eigenvalue weighted by Gasteiger charge is 2.28.